The van der Waals surface area contributed by atoms with Crippen molar-refractivity contribution in [2.24, 2.45) is 0 Å². The van der Waals surface area contributed by atoms with Gasteiger partial charge in [0.05, 0.1) is 25.2 Å². The molecule has 0 radical (unpaired) electrons. The van der Waals surface area contributed by atoms with Gasteiger partial charge in [-0.05, 0) is 43.4 Å². The van der Waals surface area contributed by atoms with E-state index >= 15 is 0 Å². The largest absolute Gasteiger partial charge is 0.466 e. The summed E-state index contributed by atoms with van der Waals surface area (Å²) in [6, 6.07) is 19.0. The van der Waals surface area contributed by atoms with Crippen molar-refractivity contribution in [3.8, 4) is 0 Å². The number of rotatable bonds is 11. The molecular formula is C27H29NO6. The lowest BCUT2D eigenvalue weighted by molar-refractivity contribution is -0.142. The molecule has 0 atom stereocenters. The SMILES string of the molecule is CCOC(=O)Cc1[nH]c(C(=O)OCc2ccccc2)c(CCc2ccccc2)c1C(=O)OCC. The van der Waals surface area contributed by atoms with Gasteiger partial charge >= 0.3 is 17.9 Å². The molecule has 0 saturated carbocycles. The lowest BCUT2D eigenvalue weighted by Crippen LogP contribution is -2.14. The second-order valence-electron chi connectivity index (χ2n) is 7.58. The molecule has 0 aliphatic heterocycles. The second kappa shape index (κ2) is 12.4. The fourth-order valence-corrected chi connectivity index (χ4v) is 3.67. The van der Waals surface area contributed by atoms with E-state index in [9.17, 15) is 14.4 Å². The summed E-state index contributed by atoms with van der Waals surface area (Å²) in [5.74, 6) is -1.70. The first-order valence-electron chi connectivity index (χ1n) is 11.3. The number of aromatic nitrogens is 1. The van der Waals surface area contributed by atoms with Gasteiger partial charge in [-0.2, -0.15) is 0 Å². The first-order chi connectivity index (χ1) is 16.5. The highest BCUT2D eigenvalue weighted by Crippen LogP contribution is 2.25. The summed E-state index contributed by atoms with van der Waals surface area (Å²) >= 11 is 0. The van der Waals surface area contributed by atoms with Crippen LogP contribution in [0, 0.1) is 0 Å². The molecule has 3 rings (SSSR count). The van der Waals surface area contributed by atoms with Crippen LogP contribution >= 0.6 is 0 Å². The van der Waals surface area contributed by atoms with Gasteiger partial charge in [-0.15, -0.1) is 0 Å². The highest BCUT2D eigenvalue weighted by molar-refractivity contribution is 5.99. The average Bonchev–Trinajstić information content (AvgIpc) is 3.20. The van der Waals surface area contributed by atoms with Gasteiger partial charge in [0, 0.05) is 5.69 Å². The third-order valence-corrected chi connectivity index (χ3v) is 5.21. The van der Waals surface area contributed by atoms with Crippen LogP contribution in [0.4, 0.5) is 0 Å². The van der Waals surface area contributed by atoms with Crippen LogP contribution in [0.5, 0.6) is 0 Å². The number of carbonyl (C=O) groups is 3. The van der Waals surface area contributed by atoms with E-state index in [4.69, 9.17) is 14.2 Å². The number of aryl methyl sites for hydroxylation is 1. The normalized spacial score (nSPS) is 10.5. The zero-order chi connectivity index (χ0) is 24.3. The highest BCUT2D eigenvalue weighted by Gasteiger charge is 2.29. The molecule has 0 unspecified atom stereocenters. The van der Waals surface area contributed by atoms with Gasteiger partial charge in [-0.1, -0.05) is 60.7 Å². The summed E-state index contributed by atoms with van der Waals surface area (Å²) < 4.78 is 15.8. The number of ether oxygens (including phenoxy) is 3. The number of nitrogens with one attached hydrogen (secondary N) is 1. The number of benzene rings is 2. The Morgan fingerprint density at radius 2 is 1.35 bits per heavy atom. The van der Waals surface area contributed by atoms with Crippen LogP contribution in [0.2, 0.25) is 0 Å². The molecule has 7 heteroatoms. The maximum absolute atomic E-state index is 13.1. The summed E-state index contributed by atoms with van der Waals surface area (Å²) in [5, 5.41) is 0. The molecule has 1 N–H and O–H groups in total. The molecule has 0 fully saturated rings. The molecule has 7 nitrogen and oxygen atoms in total. The Bertz CT molecular complexity index is 1100. The summed E-state index contributed by atoms with van der Waals surface area (Å²) in [5.41, 5.74) is 2.98. The maximum Gasteiger partial charge on any atom is 0.355 e. The van der Waals surface area contributed by atoms with Gasteiger partial charge in [0.15, 0.2) is 0 Å². The van der Waals surface area contributed by atoms with Crippen molar-refractivity contribution in [2.75, 3.05) is 13.2 Å². The Labute approximate surface area is 199 Å². The molecular weight excluding hydrogens is 434 g/mol. The predicted molar refractivity (Wildman–Crippen MR) is 126 cm³/mol. The van der Waals surface area contributed by atoms with E-state index in [1.807, 2.05) is 60.7 Å². The van der Waals surface area contributed by atoms with Gasteiger partial charge in [-0.25, -0.2) is 9.59 Å². The van der Waals surface area contributed by atoms with E-state index < -0.39 is 17.9 Å². The Balaban J connectivity index is 1.96. The van der Waals surface area contributed by atoms with Crippen LogP contribution in [0.3, 0.4) is 0 Å². The van der Waals surface area contributed by atoms with Crippen LogP contribution in [0.1, 0.15) is 57.1 Å². The van der Waals surface area contributed by atoms with Crippen molar-refractivity contribution in [3.63, 3.8) is 0 Å². The topological polar surface area (TPSA) is 94.7 Å². The Morgan fingerprint density at radius 1 is 0.735 bits per heavy atom. The fourth-order valence-electron chi connectivity index (χ4n) is 3.67. The molecule has 178 valence electrons. The fraction of sp³-hybridized carbons (Fsp3) is 0.296. The first-order valence-corrected chi connectivity index (χ1v) is 11.3. The molecule has 0 spiro atoms. The standard InChI is InChI=1S/C27H29NO6/c1-3-32-23(29)17-22-24(26(30)33-4-2)21(16-15-19-11-7-5-8-12-19)25(28-22)27(31)34-18-20-13-9-6-10-14-20/h5-14,28H,3-4,15-18H2,1-2H3. The average molecular weight is 464 g/mol. The van der Waals surface area contributed by atoms with Gasteiger partial charge < -0.3 is 19.2 Å². The summed E-state index contributed by atoms with van der Waals surface area (Å²) in [4.78, 5) is 41.2. The predicted octanol–water partition coefficient (Wildman–Crippen LogP) is 4.44. The maximum atomic E-state index is 13.1. The molecule has 0 bridgehead atoms. The van der Waals surface area contributed by atoms with Crippen molar-refractivity contribution < 1.29 is 28.6 Å². The van der Waals surface area contributed by atoms with Crippen molar-refractivity contribution in [3.05, 3.63) is 94.3 Å². The molecule has 34 heavy (non-hydrogen) atoms. The molecule has 3 aromatic rings. The smallest absolute Gasteiger partial charge is 0.355 e. The number of esters is 3. The Morgan fingerprint density at radius 3 is 1.97 bits per heavy atom. The molecule has 0 saturated heterocycles. The quantitative estimate of drug-likeness (QED) is 0.334. The lowest BCUT2D eigenvalue weighted by atomic mass is 9.99. The number of H-pyrrole nitrogens is 1. The zero-order valence-corrected chi connectivity index (χ0v) is 19.5. The molecule has 0 aliphatic rings. The first kappa shape index (κ1) is 24.8. The third-order valence-electron chi connectivity index (χ3n) is 5.21. The molecule has 1 heterocycles. The lowest BCUT2D eigenvalue weighted by Gasteiger charge is -2.09. The van der Waals surface area contributed by atoms with Gasteiger partial charge in [-0.3, -0.25) is 4.79 Å². The van der Waals surface area contributed by atoms with E-state index in [1.54, 1.807) is 13.8 Å². The number of aromatic amines is 1. The minimum absolute atomic E-state index is 0.0821. The van der Waals surface area contributed by atoms with Crippen molar-refractivity contribution in [1.82, 2.24) is 4.98 Å². The second-order valence-corrected chi connectivity index (χ2v) is 7.58. The van der Waals surface area contributed by atoms with E-state index in [2.05, 4.69) is 4.98 Å². The molecule has 2 aromatic carbocycles. The zero-order valence-electron chi connectivity index (χ0n) is 19.5. The van der Waals surface area contributed by atoms with Crippen molar-refractivity contribution in [1.29, 1.82) is 0 Å². The summed E-state index contributed by atoms with van der Waals surface area (Å²) in [7, 11) is 0. The number of carbonyl (C=O) groups excluding carboxylic acids is 3. The van der Waals surface area contributed by atoms with E-state index in [0.717, 1.165) is 11.1 Å². The van der Waals surface area contributed by atoms with Crippen molar-refractivity contribution in [2.45, 2.75) is 39.7 Å². The minimum Gasteiger partial charge on any atom is -0.466 e. The molecule has 0 amide bonds. The number of hydrogen-bond acceptors (Lipinski definition) is 6. The third kappa shape index (κ3) is 6.57. The van der Waals surface area contributed by atoms with Crippen LogP contribution in [0.15, 0.2) is 60.7 Å². The van der Waals surface area contributed by atoms with Crippen LogP contribution in [-0.2, 0) is 44.9 Å². The Kier molecular flexibility index (Phi) is 9.03. The van der Waals surface area contributed by atoms with E-state index in [1.165, 1.54) is 0 Å². The van der Waals surface area contributed by atoms with Crippen LogP contribution in [0.25, 0.3) is 0 Å². The van der Waals surface area contributed by atoms with Crippen molar-refractivity contribution >= 4 is 17.9 Å². The van der Waals surface area contributed by atoms with E-state index in [0.29, 0.717) is 18.4 Å². The monoisotopic (exact) mass is 463 g/mol. The van der Waals surface area contributed by atoms with Gasteiger partial charge in [0.25, 0.3) is 0 Å². The summed E-state index contributed by atoms with van der Waals surface area (Å²) in [6.45, 7) is 3.86. The highest BCUT2D eigenvalue weighted by atomic mass is 16.5. The van der Waals surface area contributed by atoms with Crippen LogP contribution in [-0.4, -0.2) is 36.1 Å². The van der Waals surface area contributed by atoms with E-state index in [-0.39, 0.29) is 43.2 Å². The molecule has 1 aromatic heterocycles. The Hall–Kier alpha value is -3.87. The van der Waals surface area contributed by atoms with Gasteiger partial charge in [0.1, 0.15) is 12.3 Å². The summed E-state index contributed by atoms with van der Waals surface area (Å²) in [6.07, 6.45) is 0.780. The molecule has 0 aliphatic carbocycles. The van der Waals surface area contributed by atoms with Crippen LogP contribution < -0.4 is 0 Å². The minimum atomic E-state index is -0.604. The number of hydrogen-bond donors (Lipinski definition) is 1. The van der Waals surface area contributed by atoms with Gasteiger partial charge in [0.2, 0.25) is 0 Å².